The van der Waals surface area contributed by atoms with Crippen molar-refractivity contribution in [3.63, 3.8) is 0 Å². The van der Waals surface area contributed by atoms with Crippen molar-refractivity contribution in [1.29, 1.82) is 0 Å². The molecule has 0 spiro atoms. The maximum absolute atomic E-state index is 13.6. The van der Waals surface area contributed by atoms with E-state index in [2.05, 4.69) is 10.3 Å². The highest BCUT2D eigenvalue weighted by atomic mass is 127. The SMILES string of the molecule is CCNC(=NCCc1c(F)cccc1F)N(C)CCOCC1CC1.I. The van der Waals surface area contributed by atoms with Gasteiger partial charge in [-0.05, 0) is 44.2 Å². The van der Waals surface area contributed by atoms with E-state index in [0.717, 1.165) is 31.6 Å². The predicted octanol–water partition coefficient (Wildman–Crippen LogP) is 3.45. The molecule has 1 N–H and O–H groups in total. The molecule has 142 valence electrons. The van der Waals surface area contributed by atoms with E-state index in [4.69, 9.17) is 4.74 Å². The average Bonchev–Trinajstić information content (AvgIpc) is 3.37. The Bertz CT molecular complexity index is 533. The molecule has 0 aliphatic heterocycles. The fraction of sp³-hybridized carbons (Fsp3) is 0.611. The summed E-state index contributed by atoms with van der Waals surface area (Å²) in [6.07, 6.45) is 2.80. The smallest absolute Gasteiger partial charge is 0.193 e. The fourth-order valence-electron chi connectivity index (χ4n) is 2.36. The van der Waals surface area contributed by atoms with Crippen molar-refractivity contribution in [3.8, 4) is 0 Å². The summed E-state index contributed by atoms with van der Waals surface area (Å²) in [6, 6.07) is 3.92. The number of nitrogens with one attached hydrogen (secondary N) is 1. The minimum Gasteiger partial charge on any atom is -0.379 e. The van der Waals surface area contributed by atoms with Crippen LogP contribution in [0.25, 0.3) is 0 Å². The number of halogens is 3. The van der Waals surface area contributed by atoms with Gasteiger partial charge in [0.2, 0.25) is 0 Å². The first-order chi connectivity index (χ1) is 11.6. The van der Waals surface area contributed by atoms with E-state index in [1.54, 1.807) is 0 Å². The highest BCUT2D eigenvalue weighted by molar-refractivity contribution is 14.0. The van der Waals surface area contributed by atoms with Gasteiger partial charge in [-0.1, -0.05) is 6.07 Å². The maximum Gasteiger partial charge on any atom is 0.193 e. The Kier molecular flexibility index (Phi) is 10.3. The molecule has 0 atom stereocenters. The molecule has 7 heteroatoms. The lowest BCUT2D eigenvalue weighted by Gasteiger charge is -2.22. The lowest BCUT2D eigenvalue weighted by Crippen LogP contribution is -2.40. The Morgan fingerprint density at radius 2 is 2.00 bits per heavy atom. The summed E-state index contributed by atoms with van der Waals surface area (Å²) in [7, 11) is 1.94. The van der Waals surface area contributed by atoms with Crippen LogP contribution in [0, 0.1) is 17.6 Å². The largest absolute Gasteiger partial charge is 0.379 e. The molecule has 0 amide bonds. The van der Waals surface area contributed by atoms with Crippen LogP contribution in [0.15, 0.2) is 23.2 Å². The van der Waals surface area contributed by atoms with Gasteiger partial charge in [-0.3, -0.25) is 4.99 Å². The van der Waals surface area contributed by atoms with Crippen LogP contribution < -0.4 is 5.32 Å². The quantitative estimate of drug-likeness (QED) is 0.262. The first-order valence-electron chi connectivity index (χ1n) is 8.62. The van der Waals surface area contributed by atoms with Crippen molar-refractivity contribution in [2.45, 2.75) is 26.2 Å². The van der Waals surface area contributed by atoms with Crippen molar-refractivity contribution in [2.24, 2.45) is 10.9 Å². The molecule has 0 bridgehead atoms. The standard InChI is InChI=1S/C18H27F2N3O.HI/c1-3-21-18(23(2)11-12-24-13-14-7-8-14)22-10-9-15-16(19)5-4-6-17(15)20;/h4-6,14H,3,7-13H2,1-2H3,(H,21,22);1H. The van der Waals surface area contributed by atoms with Crippen LogP contribution in [0.4, 0.5) is 8.78 Å². The summed E-state index contributed by atoms with van der Waals surface area (Å²) in [4.78, 5) is 6.44. The fourth-order valence-corrected chi connectivity index (χ4v) is 2.36. The van der Waals surface area contributed by atoms with Gasteiger partial charge >= 0.3 is 0 Å². The van der Waals surface area contributed by atoms with Crippen molar-refractivity contribution < 1.29 is 13.5 Å². The molecular formula is C18H28F2IN3O. The second-order valence-electron chi connectivity index (χ2n) is 6.13. The van der Waals surface area contributed by atoms with E-state index >= 15 is 0 Å². The molecule has 1 saturated carbocycles. The van der Waals surface area contributed by atoms with E-state index in [0.29, 0.717) is 13.2 Å². The zero-order chi connectivity index (χ0) is 17.4. The molecule has 0 radical (unpaired) electrons. The number of aliphatic imine (C=N–C) groups is 1. The summed E-state index contributed by atoms with van der Waals surface area (Å²) in [5.41, 5.74) is 0.0903. The van der Waals surface area contributed by atoms with E-state index in [9.17, 15) is 8.78 Å². The molecular weight excluding hydrogens is 439 g/mol. The van der Waals surface area contributed by atoms with Crippen LogP contribution in [0.2, 0.25) is 0 Å². The second kappa shape index (κ2) is 11.6. The Morgan fingerprint density at radius 1 is 1.32 bits per heavy atom. The molecule has 4 nitrogen and oxygen atoms in total. The van der Waals surface area contributed by atoms with Crippen LogP contribution in [0.5, 0.6) is 0 Å². The molecule has 0 saturated heterocycles. The zero-order valence-corrected chi connectivity index (χ0v) is 17.3. The summed E-state index contributed by atoms with van der Waals surface area (Å²) >= 11 is 0. The molecule has 1 fully saturated rings. The maximum atomic E-state index is 13.6. The number of nitrogens with zero attached hydrogens (tertiary/aromatic N) is 2. The number of hydrogen-bond donors (Lipinski definition) is 1. The first-order valence-corrected chi connectivity index (χ1v) is 8.62. The normalized spacial score (nSPS) is 14.2. The van der Waals surface area contributed by atoms with E-state index in [1.807, 2.05) is 18.9 Å². The lowest BCUT2D eigenvalue weighted by molar-refractivity contribution is 0.115. The molecule has 0 aromatic heterocycles. The van der Waals surface area contributed by atoms with Gasteiger partial charge in [-0.2, -0.15) is 0 Å². The third-order valence-electron chi connectivity index (χ3n) is 4.00. The summed E-state index contributed by atoms with van der Waals surface area (Å²) in [5, 5.41) is 3.19. The van der Waals surface area contributed by atoms with Gasteiger partial charge in [-0.25, -0.2) is 8.78 Å². The molecule has 2 rings (SSSR count). The van der Waals surface area contributed by atoms with Gasteiger partial charge in [0.1, 0.15) is 11.6 Å². The highest BCUT2D eigenvalue weighted by Crippen LogP contribution is 2.28. The molecule has 25 heavy (non-hydrogen) atoms. The van der Waals surface area contributed by atoms with Crippen LogP contribution in [-0.2, 0) is 11.2 Å². The van der Waals surface area contributed by atoms with Gasteiger partial charge in [0, 0.05) is 38.9 Å². The number of ether oxygens (including phenoxy) is 1. The van der Waals surface area contributed by atoms with Crippen molar-refractivity contribution >= 4 is 29.9 Å². The number of rotatable bonds is 9. The Labute approximate surface area is 166 Å². The summed E-state index contributed by atoms with van der Waals surface area (Å²) < 4.78 is 32.9. The minimum atomic E-state index is -0.517. The lowest BCUT2D eigenvalue weighted by atomic mass is 10.1. The Hall–Kier alpha value is -0.960. The zero-order valence-electron chi connectivity index (χ0n) is 14.9. The number of benzene rings is 1. The van der Waals surface area contributed by atoms with Crippen LogP contribution in [0.1, 0.15) is 25.3 Å². The molecule has 0 unspecified atom stereocenters. The number of hydrogen-bond acceptors (Lipinski definition) is 2. The third-order valence-corrected chi connectivity index (χ3v) is 4.00. The van der Waals surface area contributed by atoms with Gasteiger partial charge in [0.25, 0.3) is 0 Å². The monoisotopic (exact) mass is 467 g/mol. The van der Waals surface area contributed by atoms with E-state index in [-0.39, 0.29) is 36.0 Å². The molecule has 1 aromatic rings. The summed E-state index contributed by atoms with van der Waals surface area (Å²) in [5.74, 6) is 0.450. The van der Waals surface area contributed by atoms with Crippen LogP contribution >= 0.6 is 24.0 Å². The van der Waals surface area contributed by atoms with Crippen LogP contribution in [0.3, 0.4) is 0 Å². The Morgan fingerprint density at radius 3 is 2.60 bits per heavy atom. The van der Waals surface area contributed by atoms with Gasteiger partial charge in [0.05, 0.1) is 6.61 Å². The minimum absolute atomic E-state index is 0. The van der Waals surface area contributed by atoms with E-state index in [1.165, 1.54) is 31.0 Å². The molecule has 1 aromatic carbocycles. The average molecular weight is 467 g/mol. The van der Waals surface area contributed by atoms with Crippen molar-refractivity contribution in [2.75, 3.05) is 39.9 Å². The summed E-state index contributed by atoms with van der Waals surface area (Å²) in [6.45, 7) is 5.27. The molecule has 1 aliphatic carbocycles. The number of guanidine groups is 1. The first kappa shape index (κ1) is 22.1. The van der Waals surface area contributed by atoms with Gasteiger partial charge < -0.3 is 15.0 Å². The number of likely N-dealkylation sites (N-methyl/N-ethyl adjacent to an activating group) is 1. The predicted molar refractivity (Wildman–Crippen MR) is 108 cm³/mol. The van der Waals surface area contributed by atoms with Crippen molar-refractivity contribution in [3.05, 3.63) is 35.4 Å². The highest BCUT2D eigenvalue weighted by Gasteiger charge is 2.21. The van der Waals surface area contributed by atoms with Gasteiger partial charge in [-0.15, -0.1) is 24.0 Å². The third kappa shape index (κ3) is 7.85. The van der Waals surface area contributed by atoms with E-state index < -0.39 is 11.6 Å². The second-order valence-corrected chi connectivity index (χ2v) is 6.13. The van der Waals surface area contributed by atoms with Crippen molar-refractivity contribution in [1.82, 2.24) is 10.2 Å². The van der Waals surface area contributed by atoms with Crippen LogP contribution in [-0.4, -0.2) is 50.8 Å². The Balaban J connectivity index is 0.00000312. The molecule has 0 heterocycles. The molecule has 1 aliphatic rings. The topological polar surface area (TPSA) is 36.9 Å². The van der Waals surface area contributed by atoms with Gasteiger partial charge in [0.15, 0.2) is 5.96 Å².